The standard InChI is InChI=1S/C11H16N/c1-11(7-3-2-4-8-11)10-6-5-9-12-10/h5-6,9H,2-4,7-8H2,1H3. The summed E-state index contributed by atoms with van der Waals surface area (Å²) in [6.07, 6.45) is 13.0. The molecule has 0 atom stereocenters. The summed E-state index contributed by atoms with van der Waals surface area (Å²) in [6, 6.07) is 0. The van der Waals surface area contributed by atoms with E-state index in [9.17, 15) is 0 Å². The first-order valence-electron chi connectivity index (χ1n) is 4.89. The average molecular weight is 162 g/mol. The highest BCUT2D eigenvalue weighted by molar-refractivity contribution is 5.25. The third-order valence-corrected chi connectivity index (χ3v) is 3.13. The molecule has 0 aromatic rings. The number of rotatable bonds is 1. The van der Waals surface area contributed by atoms with Crippen LogP contribution in [0.1, 0.15) is 39.0 Å². The fourth-order valence-corrected chi connectivity index (χ4v) is 2.25. The van der Waals surface area contributed by atoms with Gasteiger partial charge in [-0.15, -0.1) is 0 Å². The van der Waals surface area contributed by atoms with Crippen LogP contribution in [0.25, 0.3) is 0 Å². The lowest BCUT2D eigenvalue weighted by Crippen LogP contribution is -2.25. The molecule has 0 aromatic carbocycles. The first-order valence-corrected chi connectivity index (χ1v) is 4.89. The number of hydrogen-bond donors (Lipinski definition) is 0. The van der Waals surface area contributed by atoms with Crippen LogP contribution in [-0.4, -0.2) is 0 Å². The Hall–Kier alpha value is -0.720. The fraction of sp³-hybridized carbons (Fsp3) is 0.636. The maximum atomic E-state index is 4.41. The SMILES string of the molecule is CC1(C2=CC=C[N]2)CCCCC1. The largest absolute Gasteiger partial charge is 0.261 e. The third kappa shape index (κ3) is 1.28. The van der Waals surface area contributed by atoms with Crippen LogP contribution >= 0.6 is 0 Å². The van der Waals surface area contributed by atoms with E-state index in [1.54, 1.807) is 0 Å². The Balaban J connectivity index is 2.08. The Kier molecular flexibility index (Phi) is 1.95. The van der Waals surface area contributed by atoms with Gasteiger partial charge in [0.2, 0.25) is 0 Å². The number of nitrogens with zero attached hydrogens (tertiary/aromatic N) is 1. The Morgan fingerprint density at radius 3 is 2.58 bits per heavy atom. The van der Waals surface area contributed by atoms with Crippen molar-refractivity contribution in [2.75, 3.05) is 0 Å². The topological polar surface area (TPSA) is 14.1 Å². The van der Waals surface area contributed by atoms with E-state index in [2.05, 4.69) is 24.4 Å². The Morgan fingerprint density at radius 1 is 1.25 bits per heavy atom. The van der Waals surface area contributed by atoms with Crippen LogP contribution in [-0.2, 0) is 0 Å². The second-order valence-corrected chi connectivity index (χ2v) is 4.14. The van der Waals surface area contributed by atoms with Crippen molar-refractivity contribution in [3.8, 4) is 0 Å². The van der Waals surface area contributed by atoms with E-state index in [-0.39, 0.29) is 0 Å². The van der Waals surface area contributed by atoms with Crippen molar-refractivity contribution in [3.63, 3.8) is 0 Å². The zero-order chi connectivity index (χ0) is 8.44. The van der Waals surface area contributed by atoms with Gasteiger partial charge in [-0.2, -0.15) is 0 Å². The van der Waals surface area contributed by atoms with Crippen LogP contribution < -0.4 is 5.32 Å². The zero-order valence-corrected chi connectivity index (χ0v) is 7.71. The lowest BCUT2D eigenvalue weighted by atomic mass is 9.73. The van der Waals surface area contributed by atoms with E-state index < -0.39 is 0 Å². The van der Waals surface area contributed by atoms with Crippen molar-refractivity contribution in [1.29, 1.82) is 0 Å². The zero-order valence-electron chi connectivity index (χ0n) is 7.71. The second kappa shape index (κ2) is 2.96. The summed E-state index contributed by atoms with van der Waals surface area (Å²) in [5.74, 6) is 0. The van der Waals surface area contributed by atoms with E-state index in [4.69, 9.17) is 0 Å². The van der Waals surface area contributed by atoms with Gasteiger partial charge >= 0.3 is 0 Å². The van der Waals surface area contributed by atoms with Gasteiger partial charge in [0.25, 0.3) is 0 Å². The molecule has 1 fully saturated rings. The van der Waals surface area contributed by atoms with E-state index in [0.29, 0.717) is 5.41 Å². The highest BCUT2D eigenvalue weighted by atomic mass is 14.9. The summed E-state index contributed by atoms with van der Waals surface area (Å²) in [7, 11) is 0. The Morgan fingerprint density at radius 2 is 2.00 bits per heavy atom. The van der Waals surface area contributed by atoms with Crippen LogP contribution in [0.4, 0.5) is 0 Å². The Bertz CT molecular complexity index is 219. The van der Waals surface area contributed by atoms with Crippen LogP contribution in [0.3, 0.4) is 0 Å². The smallest absolute Gasteiger partial charge is 0.0463 e. The molecule has 1 saturated carbocycles. The molecule has 12 heavy (non-hydrogen) atoms. The van der Waals surface area contributed by atoms with Gasteiger partial charge < -0.3 is 0 Å². The molecule has 2 aliphatic rings. The first-order chi connectivity index (χ1) is 5.81. The molecule has 0 spiro atoms. The van der Waals surface area contributed by atoms with Gasteiger partial charge in [0.05, 0.1) is 0 Å². The van der Waals surface area contributed by atoms with Gasteiger partial charge in [0, 0.05) is 17.3 Å². The van der Waals surface area contributed by atoms with Crippen LogP contribution in [0.5, 0.6) is 0 Å². The first kappa shape index (κ1) is 7.90. The normalized spacial score (nSPS) is 26.6. The molecule has 2 rings (SSSR count). The summed E-state index contributed by atoms with van der Waals surface area (Å²) >= 11 is 0. The van der Waals surface area contributed by atoms with Gasteiger partial charge in [-0.3, -0.25) is 5.32 Å². The lowest BCUT2D eigenvalue weighted by molar-refractivity contribution is 0.258. The maximum absolute atomic E-state index is 4.41. The van der Waals surface area contributed by atoms with E-state index >= 15 is 0 Å². The molecule has 0 unspecified atom stereocenters. The fourth-order valence-electron chi connectivity index (χ4n) is 2.25. The molecular formula is C11H16N. The van der Waals surface area contributed by atoms with Crippen molar-refractivity contribution in [1.82, 2.24) is 5.32 Å². The molecule has 0 N–H and O–H groups in total. The molecule has 1 aliphatic carbocycles. The second-order valence-electron chi connectivity index (χ2n) is 4.14. The molecule has 0 aromatic heterocycles. The molecule has 1 aliphatic heterocycles. The molecule has 0 bridgehead atoms. The lowest BCUT2D eigenvalue weighted by Gasteiger charge is -2.33. The quantitative estimate of drug-likeness (QED) is 0.563. The van der Waals surface area contributed by atoms with Crippen molar-refractivity contribution in [2.45, 2.75) is 39.0 Å². The van der Waals surface area contributed by atoms with Gasteiger partial charge in [0.15, 0.2) is 0 Å². The monoisotopic (exact) mass is 162 g/mol. The molecule has 0 amide bonds. The predicted octanol–water partition coefficient (Wildman–Crippen LogP) is 2.97. The van der Waals surface area contributed by atoms with E-state index in [0.717, 1.165) is 0 Å². The third-order valence-electron chi connectivity index (χ3n) is 3.13. The molecule has 1 radical (unpaired) electrons. The molecule has 65 valence electrons. The number of hydrogen-bond acceptors (Lipinski definition) is 0. The van der Waals surface area contributed by atoms with Crippen molar-refractivity contribution < 1.29 is 0 Å². The minimum absolute atomic E-state index is 0.391. The van der Waals surface area contributed by atoms with Gasteiger partial charge in [-0.25, -0.2) is 0 Å². The van der Waals surface area contributed by atoms with E-state index in [1.165, 1.54) is 37.8 Å². The van der Waals surface area contributed by atoms with Crippen molar-refractivity contribution in [3.05, 3.63) is 24.0 Å². The minimum atomic E-state index is 0.391. The summed E-state index contributed by atoms with van der Waals surface area (Å²) in [4.78, 5) is 0. The summed E-state index contributed by atoms with van der Waals surface area (Å²) in [5, 5.41) is 4.41. The number of allylic oxidation sites excluding steroid dienone is 3. The van der Waals surface area contributed by atoms with Crippen molar-refractivity contribution in [2.24, 2.45) is 5.41 Å². The van der Waals surface area contributed by atoms with Gasteiger partial charge in [-0.05, 0) is 25.0 Å². The van der Waals surface area contributed by atoms with Gasteiger partial charge in [-0.1, -0.05) is 26.2 Å². The van der Waals surface area contributed by atoms with Crippen LogP contribution in [0, 0.1) is 5.41 Å². The van der Waals surface area contributed by atoms with Crippen LogP contribution in [0.2, 0.25) is 0 Å². The summed E-state index contributed by atoms with van der Waals surface area (Å²) < 4.78 is 0. The summed E-state index contributed by atoms with van der Waals surface area (Å²) in [6.45, 7) is 2.36. The van der Waals surface area contributed by atoms with Gasteiger partial charge in [0.1, 0.15) is 0 Å². The highest BCUT2D eigenvalue weighted by Crippen LogP contribution is 2.41. The minimum Gasteiger partial charge on any atom is -0.261 e. The average Bonchev–Trinajstić information content (AvgIpc) is 2.58. The molecule has 1 nitrogen and oxygen atoms in total. The van der Waals surface area contributed by atoms with E-state index in [1.807, 2.05) is 6.20 Å². The maximum Gasteiger partial charge on any atom is 0.0463 e. The molecular weight excluding hydrogens is 146 g/mol. The molecule has 1 heteroatoms. The van der Waals surface area contributed by atoms with Crippen molar-refractivity contribution >= 4 is 0 Å². The van der Waals surface area contributed by atoms with Crippen LogP contribution in [0.15, 0.2) is 24.0 Å². The highest BCUT2D eigenvalue weighted by Gasteiger charge is 2.31. The Labute approximate surface area is 74.5 Å². The molecule has 1 heterocycles. The summed E-state index contributed by atoms with van der Waals surface area (Å²) in [5.41, 5.74) is 1.70. The predicted molar refractivity (Wildman–Crippen MR) is 50.5 cm³/mol. The molecule has 0 saturated heterocycles.